The van der Waals surface area contributed by atoms with Crippen molar-refractivity contribution >= 4 is 22.2 Å². The molecule has 0 fully saturated rings. The number of fused-ring (bicyclic) bond motifs is 1. The monoisotopic (exact) mass is 224 g/mol. The molecule has 3 heteroatoms. The molecule has 2 aromatic heterocycles. The van der Waals surface area contributed by atoms with Gasteiger partial charge in [0.25, 0.3) is 0 Å². The largest absolute Gasteiger partial charge is 0.361 e. The number of para-hydroxylation sites is 1. The number of aromatic nitrogens is 1. The predicted molar refractivity (Wildman–Crippen MR) is 66.3 cm³/mol. The predicted octanol–water partition coefficient (Wildman–Crippen LogP) is 3.77. The molecule has 0 saturated heterocycles. The molecule has 0 aliphatic rings. The molecule has 0 saturated carbocycles. The van der Waals surface area contributed by atoms with E-state index in [0.717, 1.165) is 27.6 Å². The maximum Gasteiger partial charge on any atom is 0.101 e. The highest BCUT2D eigenvalue weighted by Gasteiger charge is 2.10. The zero-order chi connectivity index (χ0) is 11.0. The maximum atomic E-state index is 9.02. The molecule has 16 heavy (non-hydrogen) atoms. The van der Waals surface area contributed by atoms with Crippen LogP contribution in [0.25, 0.3) is 22.0 Å². The van der Waals surface area contributed by atoms with E-state index >= 15 is 0 Å². The summed E-state index contributed by atoms with van der Waals surface area (Å²) in [4.78, 5) is 3.22. The summed E-state index contributed by atoms with van der Waals surface area (Å²) in [6.07, 6.45) is 1.97. The van der Waals surface area contributed by atoms with Crippen molar-refractivity contribution in [2.45, 2.75) is 0 Å². The maximum absolute atomic E-state index is 9.02. The summed E-state index contributed by atoms with van der Waals surface area (Å²) >= 11 is 1.56. The topological polar surface area (TPSA) is 39.6 Å². The van der Waals surface area contributed by atoms with Gasteiger partial charge in [-0.15, -0.1) is 0 Å². The van der Waals surface area contributed by atoms with E-state index in [1.165, 1.54) is 0 Å². The van der Waals surface area contributed by atoms with Gasteiger partial charge in [-0.3, -0.25) is 0 Å². The number of H-pyrrole nitrogens is 1. The van der Waals surface area contributed by atoms with E-state index in [9.17, 15) is 0 Å². The minimum atomic E-state index is 0.745. The summed E-state index contributed by atoms with van der Waals surface area (Å²) in [6, 6.07) is 10.3. The van der Waals surface area contributed by atoms with Gasteiger partial charge >= 0.3 is 0 Å². The number of nitrogens with one attached hydrogen (secondary N) is 1. The summed E-state index contributed by atoms with van der Waals surface area (Å²) in [5.41, 5.74) is 3.97. The second kappa shape index (κ2) is 3.51. The molecule has 0 aliphatic carbocycles. The molecule has 3 aromatic rings. The Morgan fingerprint density at radius 2 is 2.00 bits per heavy atom. The van der Waals surface area contributed by atoms with Gasteiger partial charge in [-0.2, -0.15) is 16.6 Å². The molecule has 0 atom stereocenters. The van der Waals surface area contributed by atoms with E-state index in [2.05, 4.69) is 17.1 Å². The second-order valence-corrected chi connectivity index (χ2v) is 4.30. The SMILES string of the molecule is N#Cc1cscc1-c1c[nH]c2ccccc12. The summed E-state index contributed by atoms with van der Waals surface area (Å²) in [5.74, 6) is 0. The quantitative estimate of drug-likeness (QED) is 0.671. The standard InChI is InChI=1S/C13H8N2S/c14-5-9-7-16-8-12(9)11-6-15-13-4-2-1-3-10(11)13/h1-4,6-8,15H. The molecule has 2 nitrogen and oxygen atoms in total. The van der Waals surface area contributed by atoms with Crippen LogP contribution in [0.3, 0.4) is 0 Å². The second-order valence-electron chi connectivity index (χ2n) is 3.56. The fraction of sp³-hybridized carbons (Fsp3) is 0. The van der Waals surface area contributed by atoms with Gasteiger partial charge in [-0.05, 0) is 11.4 Å². The third-order valence-corrected chi connectivity index (χ3v) is 3.41. The van der Waals surface area contributed by atoms with Crippen molar-refractivity contribution in [1.82, 2.24) is 4.98 Å². The lowest BCUT2D eigenvalue weighted by molar-refractivity contribution is 1.47. The van der Waals surface area contributed by atoms with Gasteiger partial charge in [0.2, 0.25) is 0 Å². The van der Waals surface area contributed by atoms with Gasteiger partial charge in [0.1, 0.15) is 6.07 Å². The van der Waals surface area contributed by atoms with Crippen molar-refractivity contribution in [3.05, 3.63) is 46.8 Å². The first-order valence-electron chi connectivity index (χ1n) is 4.93. The highest BCUT2D eigenvalue weighted by molar-refractivity contribution is 7.08. The normalized spacial score (nSPS) is 10.4. The summed E-state index contributed by atoms with van der Waals surface area (Å²) < 4.78 is 0. The third-order valence-electron chi connectivity index (χ3n) is 2.66. The van der Waals surface area contributed by atoms with Crippen LogP contribution in [0.2, 0.25) is 0 Å². The van der Waals surface area contributed by atoms with Crippen LogP contribution in [-0.4, -0.2) is 4.98 Å². The molecule has 0 spiro atoms. The number of hydrogen-bond acceptors (Lipinski definition) is 2. The van der Waals surface area contributed by atoms with E-state index in [1.54, 1.807) is 11.3 Å². The fourth-order valence-corrected chi connectivity index (χ4v) is 2.66. The zero-order valence-corrected chi connectivity index (χ0v) is 9.21. The first-order valence-corrected chi connectivity index (χ1v) is 5.87. The van der Waals surface area contributed by atoms with E-state index in [-0.39, 0.29) is 0 Å². The number of hydrogen-bond donors (Lipinski definition) is 1. The number of nitriles is 1. The van der Waals surface area contributed by atoms with E-state index in [1.807, 2.05) is 35.2 Å². The lowest BCUT2D eigenvalue weighted by Gasteiger charge is -1.95. The number of benzene rings is 1. The molecule has 3 rings (SSSR count). The van der Waals surface area contributed by atoms with Gasteiger partial charge in [0.05, 0.1) is 5.56 Å². The van der Waals surface area contributed by atoms with Gasteiger partial charge in [-0.1, -0.05) is 18.2 Å². The van der Waals surface area contributed by atoms with Gasteiger partial charge in [0, 0.05) is 33.6 Å². The Hall–Kier alpha value is -2.05. The van der Waals surface area contributed by atoms with Crippen molar-refractivity contribution in [2.75, 3.05) is 0 Å². The fourth-order valence-electron chi connectivity index (χ4n) is 1.89. The summed E-state index contributed by atoms with van der Waals surface area (Å²) in [5, 5.41) is 14.1. The minimum absolute atomic E-state index is 0.745. The van der Waals surface area contributed by atoms with Crippen LogP contribution in [0.4, 0.5) is 0 Å². The van der Waals surface area contributed by atoms with Gasteiger partial charge in [-0.25, -0.2) is 0 Å². The van der Waals surface area contributed by atoms with Crippen molar-refractivity contribution in [3.8, 4) is 17.2 Å². The zero-order valence-electron chi connectivity index (χ0n) is 8.40. The molecular weight excluding hydrogens is 216 g/mol. The molecule has 0 unspecified atom stereocenters. The van der Waals surface area contributed by atoms with Crippen molar-refractivity contribution in [3.63, 3.8) is 0 Å². The Bertz CT molecular complexity index is 685. The van der Waals surface area contributed by atoms with E-state index < -0.39 is 0 Å². The summed E-state index contributed by atoms with van der Waals surface area (Å²) in [7, 11) is 0. The third kappa shape index (κ3) is 1.24. The molecule has 76 valence electrons. The highest BCUT2D eigenvalue weighted by atomic mass is 32.1. The lowest BCUT2D eigenvalue weighted by atomic mass is 10.0. The van der Waals surface area contributed by atoms with Crippen LogP contribution in [0.15, 0.2) is 41.2 Å². The number of rotatable bonds is 1. The number of aromatic amines is 1. The molecular formula is C13H8N2S. The Labute approximate surface area is 96.8 Å². The van der Waals surface area contributed by atoms with Crippen LogP contribution in [0.5, 0.6) is 0 Å². The van der Waals surface area contributed by atoms with E-state index in [0.29, 0.717) is 0 Å². The number of thiophene rings is 1. The highest BCUT2D eigenvalue weighted by Crippen LogP contribution is 2.32. The first-order chi connectivity index (χ1) is 7.90. The Kier molecular flexibility index (Phi) is 2.02. The molecule has 0 amide bonds. The van der Waals surface area contributed by atoms with Crippen LogP contribution in [0.1, 0.15) is 5.56 Å². The van der Waals surface area contributed by atoms with Crippen molar-refractivity contribution in [1.29, 1.82) is 5.26 Å². The van der Waals surface area contributed by atoms with Gasteiger partial charge in [0.15, 0.2) is 0 Å². The van der Waals surface area contributed by atoms with Crippen molar-refractivity contribution < 1.29 is 0 Å². The average molecular weight is 224 g/mol. The van der Waals surface area contributed by atoms with Crippen molar-refractivity contribution in [2.24, 2.45) is 0 Å². The number of nitrogens with zero attached hydrogens (tertiary/aromatic N) is 1. The Balaban J connectivity index is 2.31. The molecule has 0 aliphatic heterocycles. The van der Waals surface area contributed by atoms with Crippen LogP contribution in [-0.2, 0) is 0 Å². The smallest absolute Gasteiger partial charge is 0.101 e. The van der Waals surface area contributed by atoms with E-state index in [4.69, 9.17) is 5.26 Å². The Morgan fingerprint density at radius 1 is 1.12 bits per heavy atom. The van der Waals surface area contributed by atoms with Crippen LogP contribution in [0, 0.1) is 11.3 Å². The first kappa shape index (κ1) is 9.20. The van der Waals surface area contributed by atoms with Crippen LogP contribution >= 0.6 is 11.3 Å². The molecule has 1 aromatic carbocycles. The van der Waals surface area contributed by atoms with Gasteiger partial charge < -0.3 is 4.98 Å². The Morgan fingerprint density at radius 3 is 2.88 bits per heavy atom. The van der Waals surface area contributed by atoms with Crippen LogP contribution < -0.4 is 0 Å². The summed E-state index contributed by atoms with van der Waals surface area (Å²) in [6.45, 7) is 0. The minimum Gasteiger partial charge on any atom is -0.361 e. The molecule has 1 N–H and O–H groups in total. The molecule has 0 radical (unpaired) electrons. The lowest BCUT2D eigenvalue weighted by Crippen LogP contribution is -1.75. The average Bonchev–Trinajstić information content (AvgIpc) is 2.94. The molecule has 0 bridgehead atoms. The molecule has 2 heterocycles.